The topological polar surface area (TPSA) is 171 Å². The minimum atomic E-state index is -4.42. The molecule has 0 radical (unpaired) electrons. The smallest absolute Gasteiger partial charge is 0.251 e. The van der Waals surface area contributed by atoms with Crippen molar-refractivity contribution in [3.63, 3.8) is 0 Å². The first-order chi connectivity index (χ1) is 14.5. The first-order valence-corrected chi connectivity index (χ1v) is 13.0. The molecule has 176 valence electrons. The zero-order chi connectivity index (χ0) is 23.4. The number of primary sulfonamides is 1. The summed E-state index contributed by atoms with van der Waals surface area (Å²) in [6.45, 7) is 2.20. The van der Waals surface area contributed by atoms with Crippen LogP contribution in [0.25, 0.3) is 0 Å². The van der Waals surface area contributed by atoms with Crippen LogP contribution >= 0.6 is 11.3 Å². The third-order valence-corrected chi connectivity index (χ3v) is 9.73. The fourth-order valence-corrected chi connectivity index (χ4v) is 7.51. The molecule has 31 heavy (non-hydrogen) atoms. The molecule has 2 amide bonds. The van der Waals surface area contributed by atoms with Crippen LogP contribution in [-0.2, 0) is 43.8 Å². The number of amides is 2. The summed E-state index contributed by atoms with van der Waals surface area (Å²) in [7, 11) is -5.95. The van der Waals surface area contributed by atoms with Gasteiger partial charge in [-0.25, -0.2) is 27.0 Å². The van der Waals surface area contributed by atoms with Gasteiger partial charge in [0, 0.05) is 20.3 Å². The first-order valence-electron chi connectivity index (χ1n) is 9.12. The van der Waals surface area contributed by atoms with E-state index in [2.05, 4.69) is 5.32 Å². The highest BCUT2D eigenvalue weighted by atomic mass is 32.3. The number of carbonyl (C=O) groups is 2. The molecule has 0 aliphatic carbocycles. The van der Waals surface area contributed by atoms with Gasteiger partial charge in [0.2, 0.25) is 25.8 Å². The number of rotatable bonds is 11. The van der Waals surface area contributed by atoms with Crippen LogP contribution in [0.2, 0.25) is 0 Å². The number of nitrogens with one attached hydrogen (secondary N) is 1. The third-order valence-electron chi connectivity index (χ3n) is 4.49. The van der Waals surface area contributed by atoms with Gasteiger partial charge in [-0.1, -0.05) is 0 Å². The van der Waals surface area contributed by atoms with Gasteiger partial charge in [0.25, 0.3) is 5.91 Å². The molecule has 0 aromatic carbocycles. The molecule has 0 bridgehead atoms. The Morgan fingerprint density at radius 1 is 1.35 bits per heavy atom. The van der Waals surface area contributed by atoms with Gasteiger partial charge in [0.15, 0.2) is 5.25 Å². The molecule has 0 saturated carbocycles. The Hall–Kier alpha value is -1.62. The predicted octanol–water partition coefficient (Wildman–Crippen LogP) is -0.431. The number of nitrogens with zero attached hydrogens (tertiary/aromatic N) is 1. The summed E-state index contributed by atoms with van der Waals surface area (Å²) in [5.74, 6) is -3.04. The molecule has 0 spiro atoms. The maximum Gasteiger partial charge on any atom is 0.251 e. The fourth-order valence-electron chi connectivity index (χ4n) is 3.06. The number of methoxy groups -OCH3 is 1. The molecular formula is C16H25N3O9S3. The monoisotopic (exact) mass is 499 g/mol. The lowest BCUT2D eigenvalue weighted by Gasteiger charge is -2.31. The second kappa shape index (κ2) is 10.3. The number of hydrogen-bond donors (Lipinski definition) is 2. The first kappa shape index (κ1) is 25.6. The van der Waals surface area contributed by atoms with E-state index in [0.717, 1.165) is 11.1 Å². The van der Waals surface area contributed by atoms with Crippen LogP contribution in [0.15, 0.2) is 14.5 Å². The maximum absolute atomic E-state index is 13.3. The summed E-state index contributed by atoms with van der Waals surface area (Å²) in [6.07, 6.45) is -0.0837. The molecule has 3 N–H and O–H groups in total. The number of hydrogen-bond acceptors (Lipinski definition) is 10. The van der Waals surface area contributed by atoms with Gasteiger partial charge in [0.1, 0.15) is 8.42 Å². The van der Waals surface area contributed by atoms with Gasteiger partial charge in [0.05, 0.1) is 31.9 Å². The Balaban J connectivity index is 2.50. The zero-order valence-electron chi connectivity index (χ0n) is 17.2. The van der Waals surface area contributed by atoms with Crippen molar-refractivity contribution in [1.82, 2.24) is 5.06 Å². The van der Waals surface area contributed by atoms with E-state index in [1.165, 1.54) is 14.2 Å². The SMILES string of the molecule is CCOCCC(C(=O)N(CCOC)OC)C1C(=O)Nc2cc(S(N)(=O)=O)sc2S1(=O)=O. The minimum Gasteiger partial charge on any atom is -0.383 e. The number of nitrogens with two attached hydrogens (primary N) is 1. The lowest BCUT2D eigenvalue weighted by atomic mass is 9.99. The van der Waals surface area contributed by atoms with E-state index in [9.17, 15) is 26.4 Å². The predicted molar refractivity (Wildman–Crippen MR) is 110 cm³/mol. The summed E-state index contributed by atoms with van der Waals surface area (Å²) >= 11 is 0.417. The normalized spacial score (nSPS) is 18.8. The van der Waals surface area contributed by atoms with Gasteiger partial charge in [-0.15, -0.1) is 11.3 Å². The summed E-state index contributed by atoms with van der Waals surface area (Å²) in [6, 6.07) is 0.984. The van der Waals surface area contributed by atoms with Crippen LogP contribution in [0.5, 0.6) is 0 Å². The summed E-state index contributed by atoms with van der Waals surface area (Å²) in [5, 5.41) is 6.58. The zero-order valence-corrected chi connectivity index (χ0v) is 19.6. The number of carbonyl (C=O) groups excluding carboxylic acids is 2. The largest absolute Gasteiger partial charge is 0.383 e. The van der Waals surface area contributed by atoms with Crippen molar-refractivity contribution in [3.05, 3.63) is 6.07 Å². The van der Waals surface area contributed by atoms with Gasteiger partial charge in [-0.3, -0.25) is 14.4 Å². The van der Waals surface area contributed by atoms with Crippen molar-refractivity contribution in [2.24, 2.45) is 11.1 Å². The summed E-state index contributed by atoms with van der Waals surface area (Å²) in [5.41, 5.74) is -0.186. The molecule has 2 unspecified atom stereocenters. The van der Waals surface area contributed by atoms with Crippen LogP contribution < -0.4 is 10.5 Å². The Morgan fingerprint density at radius 3 is 2.58 bits per heavy atom. The van der Waals surface area contributed by atoms with Crippen molar-refractivity contribution < 1.29 is 40.7 Å². The van der Waals surface area contributed by atoms with E-state index in [1.807, 2.05) is 0 Å². The second-order valence-corrected chi connectivity index (χ2v) is 11.6. The molecule has 15 heteroatoms. The van der Waals surface area contributed by atoms with E-state index in [0.29, 0.717) is 17.9 Å². The molecule has 1 aromatic heterocycles. The molecule has 0 saturated heterocycles. The van der Waals surface area contributed by atoms with Crippen molar-refractivity contribution in [2.75, 3.05) is 45.9 Å². The molecule has 2 atom stereocenters. The van der Waals surface area contributed by atoms with Gasteiger partial charge >= 0.3 is 0 Å². The van der Waals surface area contributed by atoms with Crippen molar-refractivity contribution in [2.45, 2.75) is 27.0 Å². The standard InChI is InChI=1S/C16H25N3O9S3/c1-4-28-7-5-10(15(21)19(27-3)6-8-26-2)13-14(20)18-11-9-12(31(17,24)25)29-16(11)30(13,22)23/h9-10,13H,4-8H2,1-3H3,(H,18,20)(H2,17,24,25). The number of anilines is 1. The van der Waals surface area contributed by atoms with E-state index in [-0.39, 0.29) is 36.1 Å². The Bertz CT molecular complexity index is 1020. The Labute approximate surface area is 184 Å². The molecule has 2 rings (SSSR count). The lowest BCUT2D eigenvalue weighted by Crippen LogP contribution is -2.51. The quantitative estimate of drug-likeness (QED) is 0.303. The Kier molecular flexibility index (Phi) is 8.54. The number of thiophene rings is 1. The molecule has 1 aliphatic heterocycles. The Morgan fingerprint density at radius 2 is 2.03 bits per heavy atom. The van der Waals surface area contributed by atoms with Crippen molar-refractivity contribution >= 4 is 48.7 Å². The second-order valence-electron chi connectivity index (χ2n) is 6.47. The average molecular weight is 500 g/mol. The average Bonchev–Trinajstić information content (AvgIpc) is 3.12. The van der Waals surface area contributed by atoms with Crippen LogP contribution in [-0.4, -0.2) is 79.5 Å². The van der Waals surface area contributed by atoms with E-state index >= 15 is 0 Å². The fraction of sp³-hybridized carbons (Fsp3) is 0.625. The van der Waals surface area contributed by atoms with E-state index in [4.69, 9.17) is 19.5 Å². The van der Waals surface area contributed by atoms with Gasteiger partial charge in [-0.2, -0.15) is 0 Å². The van der Waals surface area contributed by atoms with Gasteiger partial charge < -0.3 is 14.8 Å². The molecular weight excluding hydrogens is 474 g/mol. The van der Waals surface area contributed by atoms with Crippen LogP contribution in [0, 0.1) is 5.92 Å². The molecule has 2 heterocycles. The summed E-state index contributed by atoms with van der Waals surface area (Å²) < 4.78 is 59.3. The lowest BCUT2D eigenvalue weighted by molar-refractivity contribution is -0.184. The number of sulfone groups is 1. The highest BCUT2D eigenvalue weighted by molar-refractivity contribution is 7.96. The van der Waals surface area contributed by atoms with Crippen LogP contribution in [0.1, 0.15) is 13.3 Å². The maximum atomic E-state index is 13.3. The third kappa shape index (κ3) is 5.60. The van der Waals surface area contributed by atoms with E-state index in [1.54, 1.807) is 6.92 Å². The van der Waals surface area contributed by atoms with Crippen molar-refractivity contribution in [3.8, 4) is 0 Å². The highest BCUT2D eigenvalue weighted by Gasteiger charge is 2.50. The molecule has 0 fully saturated rings. The minimum absolute atomic E-state index is 0.00513. The van der Waals surface area contributed by atoms with Crippen molar-refractivity contribution in [1.29, 1.82) is 0 Å². The number of hydroxylamine groups is 2. The number of fused-ring (bicyclic) bond motifs is 1. The van der Waals surface area contributed by atoms with Crippen LogP contribution in [0.3, 0.4) is 0 Å². The molecule has 1 aliphatic rings. The molecule has 12 nitrogen and oxygen atoms in total. The van der Waals surface area contributed by atoms with Crippen LogP contribution in [0.4, 0.5) is 5.69 Å². The highest BCUT2D eigenvalue weighted by Crippen LogP contribution is 2.41. The van der Waals surface area contributed by atoms with E-state index < -0.39 is 47.1 Å². The number of sulfonamides is 1. The van der Waals surface area contributed by atoms with Gasteiger partial charge in [-0.05, 0) is 19.4 Å². The molecule has 1 aromatic rings. The number of ether oxygens (including phenoxy) is 2. The summed E-state index contributed by atoms with van der Waals surface area (Å²) in [4.78, 5) is 31.0.